The molecule has 1 amide bonds. The number of nitrogens with zero attached hydrogens (tertiary/aromatic N) is 2. The van der Waals surface area contributed by atoms with E-state index < -0.39 is 0 Å². The molecule has 1 aromatic heterocycles. The second kappa shape index (κ2) is 4.67. The molecule has 3 rings (SSSR count). The van der Waals surface area contributed by atoms with Crippen molar-refractivity contribution in [2.75, 3.05) is 7.05 Å². The molecule has 0 bridgehead atoms. The normalized spacial score (nSPS) is 14.9. The molecule has 1 aliphatic carbocycles. The molecule has 3 nitrogen and oxygen atoms in total. The number of amides is 1. The fourth-order valence-electron chi connectivity index (χ4n) is 2.51. The summed E-state index contributed by atoms with van der Waals surface area (Å²) in [4.78, 5) is 14.4. The molecule has 0 unspecified atom stereocenters. The maximum absolute atomic E-state index is 12.6. The molecule has 1 heterocycles. The molecule has 0 saturated heterocycles. The highest BCUT2D eigenvalue weighted by Crippen LogP contribution is 2.30. The van der Waals surface area contributed by atoms with Crippen LogP contribution in [0.15, 0.2) is 28.9 Å². The van der Waals surface area contributed by atoms with E-state index in [1.165, 1.54) is 0 Å². The number of aromatic nitrogens is 1. The average Bonchev–Trinajstić information content (AvgIpc) is 3.19. The number of fused-ring (bicyclic) bond motifs is 1. The fraction of sp³-hybridized carbons (Fsp3) is 0.400. The van der Waals surface area contributed by atoms with Crippen molar-refractivity contribution in [2.45, 2.75) is 32.4 Å². The van der Waals surface area contributed by atoms with E-state index in [1.807, 2.05) is 30.3 Å². The molecule has 1 aliphatic rings. The quantitative estimate of drug-likeness (QED) is 0.847. The molecule has 1 saturated carbocycles. The zero-order chi connectivity index (χ0) is 13.6. The van der Waals surface area contributed by atoms with E-state index in [0.717, 1.165) is 40.3 Å². The second-order valence-electron chi connectivity index (χ2n) is 5.14. The highest BCUT2D eigenvalue weighted by Gasteiger charge is 2.31. The Morgan fingerprint density at radius 2 is 2.21 bits per heavy atom. The largest absolute Gasteiger partial charge is 0.347 e. The molecule has 1 aromatic carbocycles. The van der Waals surface area contributed by atoms with Gasteiger partial charge in [0.05, 0.1) is 5.56 Å². The minimum atomic E-state index is 0.141. The standard InChI is InChI=1S/C15H17BrN2O/c1-3-18-9-13(15(19)17(2)11-5-6-11)12-7-4-10(16)8-14(12)18/h4,7-9,11H,3,5-6H2,1-2H3. The van der Waals surface area contributed by atoms with Crippen LogP contribution in [0, 0.1) is 0 Å². The first-order valence-corrected chi connectivity index (χ1v) is 7.46. The molecule has 1 fully saturated rings. The van der Waals surface area contributed by atoms with Crippen molar-refractivity contribution in [2.24, 2.45) is 0 Å². The van der Waals surface area contributed by atoms with E-state index in [2.05, 4.69) is 33.5 Å². The smallest absolute Gasteiger partial charge is 0.256 e. The molecule has 19 heavy (non-hydrogen) atoms. The maximum atomic E-state index is 12.6. The first-order valence-electron chi connectivity index (χ1n) is 6.67. The summed E-state index contributed by atoms with van der Waals surface area (Å²) in [6.45, 7) is 2.96. The summed E-state index contributed by atoms with van der Waals surface area (Å²) in [5.41, 5.74) is 1.93. The lowest BCUT2D eigenvalue weighted by molar-refractivity contribution is 0.0787. The molecule has 0 spiro atoms. The Morgan fingerprint density at radius 3 is 2.84 bits per heavy atom. The summed E-state index contributed by atoms with van der Waals surface area (Å²) < 4.78 is 3.18. The van der Waals surface area contributed by atoms with Gasteiger partial charge in [0.1, 0.15) is 0 Å². The number of hydrogen-bond acceptors (Lipinski definition) is 1. The summed E-state index contributed by atoms with van der Waals surface area (Å²) in [5.74, 6) is 0.141. The van der Waals surface area contributed by atoms with Crippen LogP contribution in [0.3, 0.4) is 0 Å². The SMILES string of the molecule is CCn1cc(C(=O)N(C)C2CC2)c2ccc(Br)cc21. The number of aryl methyl sites for hydroxylation is 1. The van der Waals surface area contributed by atoms with Gasteiger partial charge in [-0.25, -0.2) is 0 Å². The van der Waals surface area contributed by atoms with Crippen LogP contribution >= 0.6 is 15.9 Å². The van der Waals surface area contributed by atoms with Crippen LogP contribution in [0.2, 0.25) is 0 Å². The van der Waals surface area contributed by atoms with E-state index in [4.69, 9.17) is 0 Å². The van der Waals surface area contributed by atoms with Gasteiger partial charge < -0.3 is 9.47 Å². The van der Waals surface area contributed by atoms with Crippen molar-refractivity contribution in [3.05, 3.63) is 34.4 Å². The van der Waals surface area contributed by atoms with Crippen molar-refractivity contribution in [1.82, 2.24) is 9.47 Å². The van der Waals surface area contributed by atoms with Crippen molar-refractivity contribution in [3.8, 4) is 0 Å². The molecule has 0 aliphatic heterocycles. The van der Waals surface area contributed by atoms with Gasteiger partial charge in [-0.05, 0) is 31.9 Å². The molecule has 0 N–H and O–H groups in total. The number of carbonyl (C=O) groups is 1. The van der Waals surface area contributed by atoms with Crippen LogP contribution in [0.1, 0.15) is 30.1 Å². The third-order valence-electron chi connectivity index (χ3n) is 3.83. The van der Waals surface area contributed by atoms with Crippen LogP contribution in [0.5, 0.6) is 0 Å². The highest BCUT2D eigenvalue weighted by atomic mass is 79.9. The van der Waals surface area contributed by atoms with Crippen molar-refractivity contribution >= 4 is 32.7 Å². The lowest BCUT2D eigenvalue weighted by atomic mass is 10.1. The molecule has 0 radical (unpaired) electrons. The third-order valence-corrected chi connectivity index (χ3v) is 4.32. The Morgan fingerprint density at radius 1 is 1.47 bits per heavy atom. The average molecular weight is 321 g/mol. The van der Waals surface area contributed by atoms with Crippen molar-refractivity contribution in [3.63, 3.8) is 0 Å². The number of halogens is 1. The lowest BCUT2D eigenvalue weighted by Crippen LogP contribution is -2.28. The van der Waals surface area contributed by atoms with Crippen molar-refractivity contribution in [1.29, 1.82) is 0 Å². The van der Waals surface area contributed by atoms with Crippen LogP contribution in [0.25, 0.3) is 10.9 Å². The Bertz CT molecular complexity index is 643. The van der Waals surface area contributed by atoms with Gasteiger partial charge in [0.25, 0.3) is 5.91 Å². The van der Waals surface area contributed by atoms with Gasteiger partial charge in [-0.15, -0.1) is 0 Å². The summed E-state index contributed by atoms with van der Waals surface area (Å²) in [6.07, 6.45) is 4.26. The van der Waals surface area contributed by atoms with Crippen molar-refractivity contribution < 1.29 is 4.79 Å². The van der Waals surface area contributed by atoms with Crippen LogP contribution < -0.4 is 0 Å². The summed E-state index contributed by atoms with van der Waals surface area (Å²) in [6, 6.07) is 6.55. The molecule has 4 heteroatoms. The van der Waals surface area contributed by atoms with Crippen LogP contribution in [-0.2, 0) is 6.54 Å². The predicted molar refractivity (Wildman–Crippen MR) is 80.4 cm³/mol. The first kappa shape index (κ1) is 12.7. The fourth-order valence-corrected chi connectivity index (χ4v) is 2.86. The zero-order valence-electron chi connectivity index (χ0n) is 11.2. The predicted octanol–water partition coefficient (Wildman–Crippen LogP) is 3.66. The Kier molecular flexibility index (Phi) is 3.13. The molecule has 100 valence electrons. The maximum Gasteiger partial charge on any atom is 0.256 e. The highest BCUT2D eigenvalue weighted by molar-refractivity contribution is 9.10. The third kappa shape index (κ3) is 2.18. The number of rotatable bonds is 3. The van der Waals surface area contributed by atoms with Crippen LogP contribution in [-0.4, -0.2) is 28.5 Å². The summed E-state index contributed by atoms with van der Waals surface area (Å²) >= 11 is 3.50. The van der Waals surface area contributed by atoms with Gasteiger partial charge in [-0.3, -0.25) is 4.79 Å². The van der Waals surface area contributed by atoms with Gasteiger partial charge in [-0.2, -0.15) is 0 Å². The minimum Gasteiger partial charge on any atom is -0.347 e. The number of hydrogen-bond donors (Lipinski definition) is 0. The zero-order valence-corrected chi connectivity index (χ0v) is 12.8. The second-order valence-corrected chi connectivity index (χ2v) is 6.05. The Balaban J connectivity index is 2.10. The first-order chi connectivity index (χ1) is 9.11. The Hall–Kier alpha value is -1.29. The summed E-state index contributed by atoms with van der Waals surface area (Å²) in [5, 5.41) is 1.04. The van der Waals surface area contributed by atoms with E-state index in [1.54, 1.807) is 0 Å². The van der Waals surface area contributed by atoms with Gasteiger partial charge >= 0.3 is 0 Å². The monoisotopic (exact) mass is 320 g/mol. The van der Waals surface area contributed by atoms with Gasteiger partial charge in [0.15, 0.2) is 0 Å². The molecule has 2 aromatic rings. The topological polar surface area (TPSA) is 25.2 Å². The summed E-state index contributed by atoms with van der Waals surface area (Å²) in [7, 11) is 1.91. The van der Waals surface area contributed by atoms with Gasteiger partial charge in [0.2, 0.25) is 0 Å². The molecule has 0 atom stereocenters. The minimum absolute atomic E-state index is 0.141. The van der Waals surface area contributed by atoms with E-state index in [0.29, 0.717) is 6.04 Å². The van der Waals surface area contributed by atoms with Gasteiger partial charge in [-0.1, -0.05) is 22.0 Å². The van der Waals surface area contributed by atoms with E-state index >= 15 is 0 Å². The molecular weight excluding hydrogens is 304 g/mol. The lowest BCUT2D eigenvalue weighted by Gasteiger charge is -2.15. The Labute approximate surface area is 121 Å². The number of benzene rings is 1. The van der Waals surface area contributed by atoms with E-state index in [9.17, 15) is 4.79 Å². The van der Waals surface area contributed by atoms with Gasteiger partial charge in [0, 0.05) is 41.2 Å². The molecular formula is C15H17BrN2O. The van der Waals surface area contributed by atoms with E-state index in [-0.39, 0.29) is 5.91 Å². The number of carbonyl (C=O) groups excluding carboxylic acids is 1. The van der Waals surface area contributed by atoms with Crippen LogP contribution in [0.4, 0.5) is 0 Å².